The molecule has 108 valence electrons. The predicted molar refractivity (Wildman–Crippen MR) is 74.6 cm³/mol. The van der Waals surface area contributed by atoms with Gasteiger partial charge in [-0.15, -0.1) is 0 Å². The van der Waals surface area contributed by atoms with E-state index in [0.717, 1.165) is 0 Å². The second-order valence-corrected chi connectivity index (χ2v) is 4.88. The number of nitrogens with one attached hydrogen (secondary N) is 1. The molecule has 5 heteroatoms. The summed E-state index contributed by atoms with van der Waals surface area (Å²) in [5.41, 5.74) is 0.476. The van der Waals surface area contributed by atoms with Crippen molar-refractivity contribution < 1.29 is 13.9 Å². The minimum Gasteiger partial charge on any atom is -0.464 e. The van der Waals surface area contributed by atoms with E-state index < -0.39 is 11.9 Å². The van der Waals surface area contributed by atoms with Crippen molar-refractivity contribution in [2.75, 3.05) is 11.9 Å². The Hall–Kier alpha value is -2.09. The molecule has 1 unspecified atom stereocenters. The number of hydrogen-bond donors (Lipinski definition) is 1. The summed E-state index contributed by atoms with van der Waals surface area (Å²) in [6.07, 6.45) is 0.595. The number of carbonyl (C=O) groups excluding carboxylic acids is 1. The summed E-state index contributed by atoms with van der Waals surface area (Å²) in [7, 11) is 0. The summed E-state index contributed by atoms with van der Waals surface area (Å²) in [4.78, 5) is 11.9. The van der Waals surface area contributed by atoms with Gasteiger partial charge in [-0.1, -0.05) is 13.8 Å². The average molecular weight is 278 g/mol. The smallest absolute Gasteiger partial charge is 0.328 e. The van der Waals surface area contributed by atoms with Crippen molar-refractivity contribution in [1.82, 2.24) is 0 Å². The molecule has 1 aromatic rings. The highest BCUT2D eigenvalue weighted by molar-refractivity contribution is 5.79. The SMILES string of the molecule is CCOC(=O)C(CC(C)C)Nc1ccc(F)c(C#N)c1. The van der Waals surface area contributed by atoms with E-state index in [9.17, 15) is 9.18 Å². The molecule has 0 amide bonds. The molecule has 0 saturated heterocycles. The van der Waals surface area contributed by atoms with Crippen LogP contribution in [0.15, 0.2) is 18.2 Å². The van der Waals surface area contributed by atoms with Gasteiger partial charge in [0.1, 0.15) is 17.9 Å². The lowest BCUT2D eigenvalue weighted by atomic mass is 10.0. The lowest BCUT2D eigenvalue weighted by Gasteiger charge is -2.20. The first-order valence-electron chi connectivity index (χ1n) is 6.60. The zero-order valence-corrected chi connectivity index (χ0v) is 11.9. The fourth-order valence-corrected chi connectivity index (χ4v) is 1.83. The molecule has 0 saturated carbocycles. The monoisotopic (exact) mass is 278 g/mol. The largest absolute Gasteiger partial charge is 0.464 e. The average Bonchev–Trinajstić information content (AvgIpc) is 2.39. The summed E-state index contributed by atoms with van der Waals surface area (Å²) >= 11 is 0. The molecule has 1 N–H and O–H groups in total. The highest BCUT2D eigenvalue weighted by Gasteiger charge is 2.21. The highest BCUT2D eigenvalue weighted by atomic mass is 19.1. The normalized spacial score (nSPS) is 11.8. The molecule has 0 aliphatic carbocycles. The van der Waals surface area contributed by atoms with Crippen LogP contribution in [0.4, 0.5) is 10.1 Å². The third-order valence-corrected chi connectivity index (χ3v) is 2.71. The van der Waals surface area contributed by atoms with Gasteiger partial charge in [0.05, 0.1) is 12.2 Å². The number of nitrogens with zero attached hydrogens (tertiary/aromatic N) is 1. The van der Waals surface area contributed by atoms with E-state index in [-0.39, 0.29) is 11.5 Å². The Morgan fingerprint density at radius 1 is 1.50 bits per heavy atom. The van der Waals surface area contributed by atoms with Gasteiger partial charge in [0, 0.05) is 5.69 Å². The van der Waals surface area contributed by atoms with Crippen molar-refractivity contribution in [3.63, 3.8) is 0 Å². The van der Waals surface area contributed by atoms with E-state index in [1.54, 1.807) is 13.0 Å². The van der Waals surface area contributed by atoms with Crippen LogP contribution < -0.4 is 5.32 Å². The first-order chi connectivity index (χ1) is 9.47. The Balaban J connectivity index is 2.89. The molecule has 0 spiro atoms. The molecule has 0 aliphatic rings. The molecule has 1 aromatic carbocycles. The minimum atomic E-state index is -0.574. The van der Waals surface area contributed by atoms with E-state index in [1.165, 1.54) is 18.2 Å². The van der Waals surface area contributed by atoms with Crippen LogP contribution in [0.1, 0.15) is 32.8 Å². The topological polar surface area (TPSA) is 62.1 Å². The number of halogens is 1. The molecular formula is C15H19FN2O2. The Morgan fingerprint density at radius 3 is 2.75 bits per heavy atom. The van der Waals surface area contributed by atoms with Crippen molar-refractivity contribution in [1.29, 1.82) is 5.26 Å². The fourth-order valence-electron chi connectivity index (χ4n) is 1.83. The summed E-state index contributed by atoms with van der Waals surface area (Å²) in [6.45, 7) is 6.05. The Labute approximate surface area is 118 Å². The summed E-state index contributed by atoms with van der Waals surface area (Å²) in [6, 6.07) is 5.37. The van der Waals surface area contributed by atoms with Gasteiger partial charge < -0.3 is 10.1 Å². The van der Waals surface area contributed by atoms with Crippen LogP contribution in [0, 0.1) is 23.1 Å². The summed E-state index contributed by atoms with van der Waals surface area (Å²) in [5, 5.41) is 11.8. The number of ether oxygens (including phenoxy) is 1. The molecule has 1 rings (SSSR count). The van der Waals surface area contributed by atoms with Gasteiger partial charge >= 0.3 is 5.97 Å². The zero-order valence-electron chi connectivity index (χ0n) is 11.9. The van der Waals surface area contributed by atoms with Crippen molar-refractivity contribution in [3.05, 3.63) is 29.6 Å². The maximum atomic E-state index is 13.3. The van der Waals surface area contributed by atoms with Crippen LogP contribution >= 0.6 is 0 Å². The second-order valence-electron chi connectivity index (χ2n) is 4.88. The van der Waals surface area contributed by atoms with Crippen molar-refractivity contribution in [3.8, 4) is 6.07 Å². The van der Waals surface area contributed by atoms with Gasteiger partial charge in [0.15, 0.2) is 0 Å². The Kier molecular flexibility index (Phi) is 5.98. The van der Waals surface area contributed by atoms with Crippen LogP contribution in [0.3, 0.4) is 0 Å². The number of carbonyl (C=O) groups is 1. The maximum absolute atomic E-state index is 13.3. The molecule has 0 aliphatic heterocycles. The number of nitriles is 1. The van der Waals surface area contributed by atoms with E-state index >= 15 is 0 Å². The lowest BCUT2D eigenvalue weighted by molar-refractivity contribution is -0.144. The van der Waals surface area contributed by atoms with Crippen molar-refractivity contribution >= 4 is 11.7 Å². The molecule has 0 heterocycles. The Morgan fingerprint density at radius 2 is 2.20 bits per heavy atom. The molecular weight excluding hydrogens is 259 g/mol. The number of hydrogen-bond acceptors (Lipinski definition) is 4. The van der Waals surface area contributed by atoms with Crippen LogP contribution in [-0.2, 0) is 9.53 Å². The van der Waals surface area contributed by atoms with Gasteiger partial charge in [-0.25, -0.2) is 9.18 Å². The molecule has 1 atom stereocenters. The van der Waals surface area contributed by atoms with Gasteiger partial charge in [-0.05, 0) is 37.5 Å². The number of rotatable bonds is 6. The first kappa shape index (κ1) is 16.0. The van der Waals surface area contributed by atoms with E-state index in [4.69, 9.17) is 10.00 Å². The van der Waals surface area contributed by atoms with Gasteiger partial charge in [-0.2, -0.15) is 5.26 Å². The van der Waals surface area contributed by atoms with E-state index in [1.807, 2.05) is 13.8 Å². The lowest BCUT2D eigenvalue weighted by Crippen LogP contribution is -2.32. The molecule has 20 heavy (non-hydrogen) atoms. The quantitative estimate of drug-likeness (QED) is 0.812. The first-order valence-corrected chi connectivity index (χ1v) is 6.60. The van der Waals surface area contributed by atoms with Gasteiger partial charge in [-0.3, -0.25) is 0 Å². The van der Waals surface area contributed by atoms with Crippen LogP contribution in [0.5, 0.6) is 0 Å². The summed E-state index contributed by atoms with van der Waals surface area (Å²) in [5.74, 6) is -0.619. The van der Waals surface area contributed by atoms with E-state index in [2.05, 4.69) is 5.32 Å². The highest BCUT2D eigenvalue weighted by Crippen LogP contribution is 2.17. The fraction of sp³-hybridized carbons (Fsp3) is 0.467. The van der Waals surface area contributed by atoms with Crippen LogP contribution in [0.2, 0.25) is 0 Å². The molecule has 0 radical (unpaired) electrons. The van der Waals surface area contributed by atoms with Gasteiger partial charge in [0.2, 0.25) is 0 Å². The second kappa shape index (κ2) is 7.49. The number of benzene rings is 1. The predicted octanol–water partition coefficient (Wildman–Crippen LogP) is 3.09. The van der Waals surface area contributed by atoms with Gasteiger partial charge in [0.25, 0.3) is 0 Å². The van der Waals surface area contributed by atoms with E-state index in [0.29, 0.717) is 24.6 Å². The molecule has 0 fully saturated rings. The number of esters is 1. The standard InChI is InChI=1S/C15H19FN2O2/c1-4-20-15(19)14(7-10(2)3)18-12-5-6-13(16)11(8-12)9-17/h5-6,8,10,14,18H,4,7H2,1-3H3. The Bertz CT molecular complexity index is 509. The van der Waals surface area contributed by atoms with Crippen LogP contribution in [0.25, 0.3) is 0 Å². The molecule has 0 bridgehead atoms. The minimum absolute atomic E-state index is 0.0536. The third kappa shape index (κ3) is 4.54. The van der Waals surface area contributed by atoms with Crippen LogP contribution in [-0.4, -0.2) is 18.6 Å². The number of anilines is 1. The third-order valence-electron chi connectivity index (χ3n) is 2.71. The summed E-state index contributed by atoms with van der Waals surface area (Å²) < 4.78 is 18.3. The molecule has 4 nitrogen and oxygen atoms in total. The van der Waals surface area contributed by atoms with Crippen molar-refractivity contribution in [2.24, 2.45) is 5.92 Å². The van der Waals surface area contributed by atoms with Crippen molar-refractivity contribution in [2.45, 2.75) is 33.2 Å². The maximum Gasteiger partial charge on any atom is 0.328 e. The zero-order chi connectivity index (χ0) is 15.1. The molecule has 0 aromatic heterocycles.